The number of rotatable bonds is 3. The summed E-state index contributed by atoms with van der Waals surface area (Å²) in [4.78, 5) is 0. The molecule has 2 unspecified atom stereocenters. The summed E-state index contributed by atoms with van der Waals surface area (Å²) in [6, 6.07) is 19.3. The molecule has 2 aromatic rings. The van der Waals surface area contributed by atoms with Crippen molar-refractivity contribution >= 4 is 11.6 Å². The van der Waals surface area contributed by atoms with E-state index in [4.69, 9.17) is 11.6 Å². The average molecular weight is 287 g/mol. The number of hydrogen-bond acceptors (Lipinski definition) is 2. The molecular formula is C17H19ClN2. The van der Waals surface area contributed by atoms with E-state index in [0.29, 0.717) is 12.0 Å². The molecule has 1 aliphatic heterocycles. The second-order valence-electron chi connectivity index (χ2n) is 5.20. The van der Waals surface area contributed by atoms with E-state index in [2.05, 4.69) is 53.1 Å². The average Bonchev–Trinajstić information content (AvgIpc) is 2.52. The highest BCUT2D eigenvalue weighted by Crippen LogP contribution is 2.29. The molecule has 0 bridgehead atoms. The third kappa shape index (κ3) is 3.04. The molecule has 2 N–H and O–H groups in total. The Balaban J connectivity index is 1.96. The summed E-state index contributed by atoms with van der Waals surface area (Å²) in [5.41, 5.74) is 2.65. The molecule has 1 saturated heterocycles. The monoisotopic (exact) mass is 286 g/mol. The zero-order chi connectivity index (χ0) is 13.8. The van der Waals surface area contributed by atoms with Gasteiger partial charge in [-0.05, 0) is 23.3 Å². The Morgan fingerprint density at radius 1 is 0.900 bits per heavy atom. The molecule has 104 valence electrons. The maximum absolute atomic E-state index is 6.02. The molecule has 1 fully saturated rings. The summed E-state index contributed by atoms with van der Waals surface area (Å²) >= 11 is 6.02. The molecule has 2 atom stereocenters. The van der Waals surface area contributed by atoms with E-state index in [-0.39, 0.29) is 0 Å². The van der Waals surface area contributed by atoms with Gasteiger partial charge in [0.1, 0.15) is 0 Å². The van der Waals surface area contributed by atoms with E-state index >= 15 is 0 Å². The van der Waals surface area contributed by atoms with E-state index in [9.17, 15) is 0 Å². The van der Waals surface area contributed by atoms with Crippen LogP contribution in [0.25, 0.3) is 0 Å². The van der Waals surface area contributed by atoms with Crippen LogP contribution in [0, 0.1) is 0 Å². The van der Waals surface area contributed by atoms with E-state index in [1.807, 2.05) is 12.1 Å². The van der Waals surface area contributed by atoms with E-state index < -0.39 is 0 Å². The number of nitrogens with one attached hydrogen (secondary N) is 2. The third-order valence-electron chi connectivity index (χ3n) is 3.86. The van der Waals surface area contributed by atoms with Gasteiger partial charge in [0.05, 0.1) is 0 Å². The van der Waals surface area contributed by atoms with Crippen LogP contribution in [-0.4, -0.2) is 25.7 Å². The lowest BCUT2D eigenvalue weighted by atomic mass is 9.84. The molecule has 0 amide bonds. The minimum Gasteiger partial charge on any atom is -0.314 e. The van der Waals surface area contributed by atoms with E-state index in [1.54, 1.807) is 0 Å². The second kappa shape index (κ2) is 6.40. The summed E-state index contributed by atoms with van der Waals surface area (Å²) in [7, 11) is 0. The molecular weight excluding hydrogens is 268 g/mol. The molecule has 0 aliphatic carbocycles. The SMILES string of the molecule is Clc1ccc(C(c2ccccc2)C2CNCCN2)cc1. The van der Waals surface area contributed by atoms with Gasteiger partial charge in [-0.3, -0.25) is 0 Å². The van der Waals surface area contributed by atoms with E-state index in [0.717, 1.165) is 24.7 Å². The molecule has 0 aromatic heterocycles. The number of benzene rings is 2. The highest BCUT2D eigenvalue weighted by molar-refractivity contribution is 6.30. The van der Waals surface area contributed by atoms with Gasteiger partial charge < -0.3 is 10.6 Å². The van der Waals surface area contributed by atoms with Crippen molar-refractivity contribution in [2.75, 3.05) is 19.6 Å². The van der Waals surface area contributed by atoms with E-state index in [1.165, 1.54) is 11.1 Å². The molecule has 1 aliphatic rings. The zero-order valence-corrected chi connectivity index (χ0v) is 12.1. The van der Waals surface area contributed by atoms with Crippen LogP contribution in [0.3, 0.4) is 0 Å². The van der Waals surface area contributed by atoms with Gasteiger partial charge in [0, 0.05) is 36.6 Å². The lowest BCUT2D eigenvalue weighted by Gasteiger charge is -2.32. The van der Waals surface area contributed by atoms with Gasteiger partial charge in [-0.1, -0.05) is 54.1 Å². The fourth-order valence-corrected chi connectivity index (χ4v) is 3.02. The third-order valence-corrected chi connectivity index (χ3v) is 4.11. The predicted molar refractivity (Wildman–Crippen MR) is 84.4 cm³/mol. The molecule has 3 rings (SSSR count). The minimum atomic E-state index is 0.348. The van der Waals surface area contributed by atoms with Crippen molar-refractivity contribution < 1.29 is 0 Å². The van der Waals surface area contributed by atoms with Crippen LogP contribution in [0.15, 0.2) is 54.6 Å². The molecule has 3 heteroatoms. The van der Waals surface area contributed by atoms with Crippen molar-refractivity contribution in [1.82, 2.24) is 10.6 Å². The Morgan fingerprint density at radius 3 is 2.25 bits per heavy atom. The molecule has 20 heavy (non-hydrogen) atoms. The first-order chi connectivity index (χ1) is 9.84. The molecule has 1 heterocycles. The van der Waals surface area contributed by atoms with Crippen molar-refractivity contribution in [1.29, 1.82) is 0 Å². The summed E-state index contributed by atoms with van der Waals surface area (Å²) < 4.78 is 0. The Bertz CT molecular complexity index is 533. The van der Waals surface area contributed by atoms with Crippen LogP contribution >= 0.6 is 11.6 Å². The van der Waals surface area contributed by atoms with Gasteiger partial charge in [-0.25, -0.2) is 0 Å². The lowest BCUT2D eigenvalue weighted by molar-refractivity contribution is 0.389. The molecule has 0 radical (unpaired) electrons. The van der Waals surface area contributed by atoms with Gasteiger partial charge in [-0.15, -0.1) is 0 Å². The first-order valence-electron chi connectivity index (χ1n) is 7.09. The van der Waals surface area contributed by atoms with Crippen LogP contribution in [0.4, 0.5) is 0 Å². The van der Waals surface area contributed by atoms with Crippen molar-refractivity contribution in [3.8, 4) is 0 Å². The van der Waals surface area contributed by atoms with Crippen LogP contribution in [0.2, 0.25) is 5.02 Å². The van der Waals surface area contributed by atoms with Crippen LogP contribution in [-0.2, 0) is 0 Å². The Labute approximate surface area is 125 Å². The van der Waals surface area contributed by atoms with Crippen LogP contribution in [0.1, 0.15) is 17.0 Å². The highest BCUT2D eigenvalue weighted by atomic mass is 35.5. The second-order valence-corrected chi connectivity index (χ2v) is 5.64. The summed E-state index contributed by atoms with van der Waals surface area (Å²) in [5.74, 6) is 0.348. The van der Waals surface area contributed by atoms with Crippen molar-refractivity contribution in [3.63, 3.8) is 0 Å². The fraction of sp³-hybridized carbons (Fsp3) is 0.294. The van der Waals surface area contributed by atoms with Gasteiger partial charge in [0.2, 0.25) is 0 Å². The number of hydrogen-bond donors (Lipinski definition) is 2. The fourth-order valence-electron chi connectivity index (χ4n) is 2.90. The predicted octanol–water partition coefficient (Wildman–Crippen LogP) is 3.03. The topological polar surface area (TPSA) is 24.1 Å². The largest absolute Gasteiger partial charge is 0.314 e. The van der Waals surface area contributed by atoms with Gasteiger partial charge in [0.25, 0.3) is 0 Å². The number of piperazine rings is 1. The Morgan fingerprint density at radius 2 is 1.60 bits per heavy atom. The molecule has 2 nitrogen and oxygen atoms in total. The van der Waals surface area contributed by atoms with Crippen LogP contribution < -0.4 is 10.6 Å². The molecule has 0 spiro atoms. The minimum absolute atomic E-state index is 0.348. The zero-order valence-electron chi connectivity index (χ0n) is 11.4. The maximum atomic E-state index is 6.02. The van der Waals surface area contributed by atoms with Crippen LogP contribution in [0.5, 0.6) is 0 Å². The van der Waals surface area contributed by atoms with Gasteiger partial charge in [-0.2, -0.15) is 0 Å². The summed E-state index contributed by atoms with van der Waals surface area (Å²) in [6.45, 7) is 3.04. The van der Waals surface area contributed by atoms with Gasteiger partial charge in [0.15, 0.2) is 0 Å². The maximum Gasteiger partial charge on any atom is 0.0406 e. The highest BCUT2D eigenvalue weighted by Gasteiger charge is 2.25. The number of halogens is 1. The van der Waals surface area contributed by atoms with Crippen molar-refractivity contribution in [3.05, 3.63) is 70.7 Å². The quantitative estimate of drug-likeness (QED) is 0.906. The normalized spacial score (nSPS) is 20.6. The lowest BCUT2D eigenvalue weighted by Crippen LogP contribution is -2.51. The summed E-state index contributed by atoms with van der Waals surface area (Å²) in [6.07, 6.45) is 0. The smallest absolute Gasteiger partial charge is 0.0406 e. The molecule has 0 saturated carbocycles. The first kappa shape index (κ1) is 13.6. The van der Waals surface area contributed by atoms with Crippen molar-refractivity contribution in [2.24, 2.45) is 0 Å². The van der Waals surface area contributed by atoms with Gasteiger partial charge >= 0.3 is 0 Å². The Kier molecular flexibility index (Phi) is 4.36. The first-order valence-corrected chi connectivity index (χ1v) is 7.47. The Hall–Kier alpha value is -1.35. The molecule has 2 aromatic carbocycles. The van der Waals surface area contributed by atoms with Crippen molar-refractivity contribution in [2.45, 2.75) is 12.0 Å². The standard InChI is InChI=1S/C17H19ClN2/c18-15-8-6-14(7-9-15)17(13-4-2-1-3-5-13)16-12-19-10-11-20-16/h1-9,16-17,19-20H,10-12H2. The summed E-state index contributed by atoms with van der Waals surface area (Å²) in [5, 5.41) is 7.90.